The number of hydrogen-bond acceptors (Lipinski definition) is 4. The summed E-state index contributed by atoms with van der Waals surface area (Å²) in [6, 6.07) is 0. The molecule has 0 unspecified atom stereocenters. The van der Waals surface area contributed by atoms with Gasteiger partial charge < -0.3 is 9.84 Å². The second-order valence-corrected chi connectivity index (χ2v) is 8.28. The van der Waals surface area contributed by atoms with Gasteiger partial charge in [-0.3, -0.25) is 4.79 Å². The lowest BCUT2D eigenvalue weighted by molar-refractivity contribution is -0.140. The van der Waals surface area contributed by atoms with Crippen LogP contribution in [0.1, 0.15) is 52.9 Å². The lowest BCUT2D eigenvalue weighted by Gasteiger charge is -2.57. The van der Waals surface area contributed by atoms with Gasteiger partial charge >= 0.3 is 11.9 Å². The molecule has 0 saturated heterocycles. The molecule has 0 amide bonds. The SMILES string of the molecule is C[C@@H]1CC[C@@]2(C)C(C(=O)O)=CC(=O)C[C@@H]2[C@@]1(C)CCC1=CCOC1=O. The molecule has 3 rings (SSSR count). The Labute approximate surface area is 148 Å². The molecule has 0 aromatic heterocycles. The molecule has 3 aliphatic rings. The zero-order valence-corrected chi connectivity index (χ0v) is 15.1. The van der Waals surface area contributed by atoms with Crippen molar-refractivity contribution in [2.75, 3.05) is 6.61 Å². The number of carbonyl (C=O) groups is 3. The Morgan fingerprint density at radius 3 is 2.68 bits per heavy atom. The molecule has 0 spiro atoms. The van der Waals surface area contributed by atoms with E-state index in [2.05, 4.69) is 13.8 Å². The summed E-state index contributed by atoms with van der Waals surface area (Å²) in [5.41, 5.74) is 0.274. The standard InChI is InChI=1S/C20H26O5/c1-12-4-7-20(3)15(17(22)23)10-14(21)11-16(20)19(12,2)8-5-13-6-9-25-18(13)24/h6,10,12,16H,4-5,7-9,11H2,1-3H3,(H,22,23)/t12-,16-,19+,20+/m1/s1. The lowest BCUT2D eigenvalue weighted by Crippen LogP contribution is -2.52. The van der Waals surface area contributed by atoms with Gasteiger partial charge in [0.05, 0.1) is 0 Å². The minimum atomic E-state index is -0.987. The highest BCUT2D eigenvalue weighted by Crippen LogP contribution is 2.61. The van der Waals surface area contributed by atoms with E-state index in [9.17, 15) is 19.5 Å². The van der Waals surface area contributed by atoms with Gasteiger partial charge in [0, 0.05) is 23.0 Å². The lowest BCUT2D eigenvalue weighted by atomic mass is 9.46. The van der Waals surface area contributed by atoms with Crippen LogP contribution in [-0.2, 0) is 19.1 Å². The topological polar surface area (TPSA) is 80.7 Å². The molecule has 1 saturated carbocycles. The maximum Gasteiger partial charge on any atom is 0.334 e. The van der Waals surface area contributed by atoms with E-state index >= 15 is 0 Å². The predicted molar refractivity (Wildman–Crippen MR) is 91.7 cm³/mol. The zero-order chi connectivity index (χ0) is 18.4. The van der Waals surface area contributed by atoms with E-state index < -0.39 is 11.4 Å². The van der Waals surface area contributed by atoms with Crippen molar-refractivity contribution in [3.05, 3.63) is 23.3 Å². The van der Waals surface area contributed by atoms with Crippen LogP contribution in [0.2, 0.25) is 0 Å². The molecule has 1 fully saturated rings. The van der Waals surface area contributed by atoms with Crippen molar-refractivity contribution in [1.29, 1.82) is 0 Å². The first kappa shape index (κ1) is 17.9. The van der Waals surface area contributed by atoms with Crippen LogP contribution in [-0.4, -0.2) is 29.4 Å². The Morgan fingerprint density at radius 1 is 1.36 bits per heavy atom. The van der Waals surface area contributed by atoms with Crippen molar-refractivity contribution in [3.63, 3.8) is 0 Å². The number of fused-ring (bicyclic) bond motifs is 1. The monoisotopic (exact) mass is 346 g/mol. The molecule has 0 aromatic rings. The normalized spacial score (nSPS) is 37.9. The van der Waals surface area contributed by atoms with Crippen LogP contribution in [0.15, 0.2) is 23.3 Å². The van der Waals surface area contributed by atoms with Crippen molar-refractivity contribution in [1.82, 2.24) is 0 Å². The summed E-state index contributed by atoms with van der Waals surface area (Å²) in [6.07, 6.45) is 6.63. The smallest absolute Gasteiger partial charge is 0.334 e. The van der Waals surface area contributed by atoms with E-state index in [1.807, 2.05) is 13.0 Å². The molecule has 5 nitrogen and oxygen atoms in total. The second kappa shape index (κ2) is 6.11. The Kier molecular flexibility index (Phi) is 4.38. The van der Waals surface area contributed by atoms with E-state index in [0.717, 1.165) is 19.3 Å². The van der Waals surface area contributed by atoms with Crippen LogP contribution in [0.25, 0.3) is 0 Å². The maximum atomic E-state index is 12.3. The van der Waals surface area contributed by atoms with E-state index in [0.29, 0.717) is 30.9 Å². The number of carboxylic acid groups (broad SMARTS) is 1. The Morgan fingerprint density at radius 2 is 2.08 bits per heavy atom. The van der Waals surface area contributed by atoms with E-state index in [-0.39, 0.29) is 28.7 Å². The van der Waals surface area contributed by atoms with Crippen LogP contribution < -0.4 is 0 Å². The fourth-order valence-electron chi connectivity index (χ4n) is 5.19. The summed E-state index contributed by atoms with van der Waals surface area (Å²) >= 11 is 0. The van der Waals surface area contributed by atoms with E-state index in [1.54, 1.807) is 0 Å². The van der Waals surface area contributed by atoms with Gasteiger partial charge in [-0.05, 0) is 55.1 Å². The third-order valence-electron chi connectivity index (χ3n) is 7.08. The summed E-state index contributed by atoms with van der Waals surface area (Å²) in [6.45, 7) is 6.69. The fourth-order valence-corrected chi connectivity index (χ4v) is 5.19. The maximum absolute atomic E-state index is 12.3. The van der Waals surface area contributed by atoms with Crippen molar-refractivity contribution < 1.29 is 24.2 Å². The average molecular weight is 346 g/mol. The highest BCUT2D eigenvalue weighted by atomic mass is 16.5. The van der Waals surface area contributed by atoms with Crippen molar-refractivity contribution in [2.24, 2.45) is 22.7 Å². The number of hydrogen-bond donors (Lipinski definition) is 1. The number of aliphatic carboxylic acids is 1. The van der Waals surface area contributed by atoms with Gasteiger partial charge in [-0.25, -0.2) is 9.59 Å². The molecular formula is C20H26O5. The minimum Gasteiger partial charge on any atom is -0.478 e. The van der Waals surface area contributed by atoms with E-state index in [4.69, 9.17) is 4.74 Å². The molecule has 25 heavy (non-hydrogen) atoms. The molecule has 0 radical (unpaired) electrons. The number of allylic oxidation sites excluding steroid dienone is 1. The highest BCUT2D eigenvalue weighted by Gasteiger charge is 2.56. The summed E-state index contributed by atoms with van der Waals surface area (Å²) in [5, 5.41) is 9.64. The summed E-state index contributed by atoms with van der Waals surface area (Å²) < 4.78 is 4.98. The fraction of sp³-hybridized carbons (Fsp3) is 0.650. The Hall–Kier alpha value is -1.91. The van der Waals surface area contributed by atoms with Crippen molar-refractivity contribution >= 4 is 17.7 Å². The number of cyclic esters (lactones) is 1. The molecule has 5 heteroatoms. The van der Waals surface area contributed by atoms with Crippen molar-refractivity contribution in [2.45, 2.75) is 52.9 Å². The molecular weight excluding hydrogens is 320 g/mol. The number of esters is 1. The first-order chi connectivity index (χ1) is 11.7. The molecule has 0 aromatic carbocycles. The van der Waals surface area contributed by atoms with Crippen LogP contribution in [0.3, 0.4) is 0 Å². The number of carboxylic acids is 1. The molecule has 1 N–H and O–H groups in total. The van der Waals surface area contributed by atoms with Crippen molar-refractivity contribution in [3.8, 4) is 0 Å². The van der Waals surface area contributed by atoms with Gasteiger partial charge in [0.25, 0.3) is 0 Å². The molecule has 1 heterocycles. The van der Waals surface area contributed by atoms with E-state index in [1.165, 1.54) is 6.08 Å². The second-order valence-electron chi connectivity index (χ2n) is 8.28. The van der Waals surface area contributed by atoms with Gasteiger partial charge in [-0.15, -0.1) is 0 Å². The quantitative estimate of drug-likeness (QED) is 0.790. The Bertz CT molecular complexity index is 688. The number of rotatable bonds is 4. The predicted octanol–water partition coefficient (Wildman–Crippen LogP) is 3.29. The van der Waals surface area contributed by atoms with Gasteiger partial charge in [-0.1, -0.05) is 20.8 Å². The van der Waals surface area contributed by atoms with Crippen LogP contribution in [0, 0.1) is 22.7 Å². The Balaban J connectivity index is 1.92. The summed E-state index contributed by atoms with van der Waals surface area (Å²) in [7, 11) is 0. The van der Waals surface area contributed by atoms with Gasteiger partial charge in [-0.2, -0.15) is 0 Å². The molecule has 1 aliphatic heterocycles. The highest BCUT2D eigenvalue weighted by molar-refractivity contribution is 6.01. The number of carbonyl (C=O) groups excluding carboxylic acids is 2. The van der Waals surface area contributed by atoms with Crippen LogP contribution in [0.5, 0.6) is 0 Å². The molecule has 136 valence electrons. The first-order valence-corrected chi connectivity index (χ1v) is 9.03. The molecule has 0 bridgehead atoms. The number of ether oxygens (including phenoxy) is 1. The summed E-state index contributed by atoms with van der Waals surface area (Å²) in [5.74, 6) is -0.991. The molecule has 4 atom stereocenters. The van der Waals surface area contributed by atoms with Gasteiger partial charge in [0.1, 0.15) is 6.61 Å². The third kappa shape index (κ3) is 2.83. The van der Waals surface area contributed by atoms with Gasteiger partial charge in [0.2, 0.25) is 0 Å². The first-order valence-electron chi connectivity index (χ1n) is 9.03. The number of ketones is 1. The largest absolute Gasteiger partial charge is 0.478 e. The van der Waals surface area contributed by atoms with Gasteiger partial charge in [0.15, 0.2) is 5.78 Å². The molecule has 2 aliphatic carbocycles. The van der Waals surface area contributed by atoms with Crippen LogP contribution in [0.4, 0.5) is 0 Å². The average Bonchev–Trinajstić information content (AvgIpc) is 2.96. The zero-order valence-electron chi connectivity index (χ0n) is 15.1. The third-order valence-corrected chi connectivity index (χ3v) is 7.08. The minimum absolute atomic E-state index is 0.0228. The van der Waals surface area contributed by atoms with Crippen LogP contribution >= 0.6 is 0 Å². The summed E-state index contributed by atoms with van der Waals surface area (Å²) in [4.78, 5) is 35.8.